The number of hydrogen-bond acceptors (Lipinski definition) is 3. The monoisotopic (exact) mass is 120 g/mol. The third kappa shape index (κ3) is 1.22. The highest BCUT2D eigenvalue weighted by molar-refractivity contribution is 7.85. The molecule has 0 aromatic rings. The molecule has 7 heavy (non-hydrogen) atoms. The second-order valence-corrected chi connectivity index (χ2v) is 3.02. The quantitative estimate of drug-likeness (QED) is 0.433. The van der Waals surface area contributed by atoms with Crippen LogP contribution in [0, 0.1) is 5.21 Å². The molecule has 0 N–H and O–H groups in total. The van der Waals surface area contributed by atoms with Gasteiger partial charge in [0.15, 0.2) is 0 Å². The molecule has 1 fully saturated rings. The van der Waals surface area contributed by atoms with Crippen LogP contribution in [0.2, 0.25) is 0 Å². The van der Waals surface area contributed by atoms with Gasteiger partial charge in [0.25, 0.3) is 0 Å². The molecule has 1 heterocycles. The summed E-state index contributed by atoms with van der Waals surface area (Å²) in [6.07, 6.45) is 0. The molecule has 1 unspecified atom stereocenters. The third-order valence-corrected chi connectivity index (χ3v) is 2.07. The van der Waals surface area contributed by atoms with E-state index in [0.29, 0.717) is 12.3 Å². The Morgan fingerprint density at radius 1 is 1.71 bits per heavy atom. The molecule has 0 aliphatic carbocycles. The fourth-order valence-corrected chi connectivity index (χ4v) is 1.48. The smallest absolute Gasteiger partial charge is 0.0634 e. The summed E-state index contributed by atoms with van der Waals surface area (Å²) >= 11 is 0. The van der Waals surface area contributed by atoms with Crippen molar-refractivity contribution in [2.75, 3.05) is 18.2 Å². The van der Waals surface area contributed by atoms with Gasteiger partial charge in [-0.1, -0.05) is 0 Å². The van der Waals surface area contributed by atoms with Crippen LogP contribution in [0.25, 0.3) is 0 Å². The Labute approximate surface area is 44.3 Å². The Hall–Kier alpha value is 0.0700. The highest BCUT2D eigenvalue weighted by atomic mass is 32.2. The molecule has 1 aliphatic heterocycles. The predicted molar refractivity (Wildman–Crippen MR) is 27.9 cm³/mol. The highest BCUT2D eigenvalue weighted by Crippen LogP contribution is 1.98. The molecular weight excluding hydrogens is 114 g/mol. The third-order valence-electron chi connectivity index (χ3n) is 0.856. The van der Waals surface area contributed by atoms with E-state index in [2.05, 4.69) is 0 Å². The first-order valence-electron chi connectivity index (χ1n) is 2.06. The Morgan fingerprint density at radius 2 is 2.43 bits per heavy atom. The van der Waals surface area contributed by atoms with Crippen LogP contribution in [0.3, 0.4) is 0 Å². The van der Waals surface area contributed by atoms with Gasteiger partial charge < -0.3 is 10.3 Å². The van der Waals surface area contributed by atoms with Gasteiger partial charge in [0, 0.05) is 16.6 Å². The van der Waals surface area contributed by atoms with Crippen molar-refractivity contribution in [3.8, 4) is 0 Å². The van der Waals surface area contributed by atoms with Gasteiger partial charge in [-0.3, -0.25) is 4.21 Å². The van der Waals surface area contributed by atoms with Crippen LogP contribution in [0.5, 0.6) is 0 Å². The van der Waals surface area contributed by atoms with Gasteiger partial charge >= 0.3 is 0 Å². The maximum atomic E-state index is 10.3. The average Bonchev–Trinajstić information content (AvgIpc) is 1.87. The predicted octanol–water partition coefficient (Wildman–Crippen LogP) is -0.494. The zero-order valence-corrected chi connectivity index (χ0v) is 4.61. The van der Waals surface area contributed by atoms with Crippen LogP contribution in [0.4, 0.5) is 0 Å². The van der Waals surface area contributed by atoms with Crippen molar-refractivity contribution in [2.45, 2.75) is 0 Å². The van der Waals surface area contributed by atoms with Crippen LogP contribution in [0.1, 0.15) is 0 Å². The highest BCUT2D eigenvalue weighted by Gasteiger charge is 2.07. The minimum atomic E-state index is -0.840. The summed E-state index contributed by atoms with van der Waals surface area (Å²) in [6, 6.07) is 0. The molecule has 0 spiro atoms. The Morgan fingerprint density at radius 3 is 2.57 bits per heavy atom. The second-order valence-electron chi connectivity index (χ2n) is 1.48. The van der Waals surface area contributed by atoms with E-state index >= 15 is 0 Å². The van der Waals surface area contributed by atoms with E-state index in [0.717, 1.165) is 5.06 Å². The first-order valence-corrected chi connectivity index (χ1v) is 3.55. The van der Waals surface area contributed by atoms with Crippen LogP contribution in [-0.4, -0.2) is 27.4 Å². The summed E-state index contributed by atoms with van der Waals surface area (Å²) in [5.41, 5.74) is 0. The van der Waals surface area contributed by atoms with Crippen molar-refractivity contribution >= 4 is 10.8 Å². The van der Waals surface area contributed by atoms with Gasteiger partial charge in [0.2, 0.25) is 0 Å². The Bertz CT molecular complexity index is 94.9. The second kappa shape index (κ2) is 1.90. The summed E-state index contributed by atoms with van der Waals surface area (Å²) in [4.78, 5) is 0. The van der Waals surface area contributed by atoms with E-state index in [9.17, 15) is 9.42 Å². The van der Waals surface area contributed by atoms with Crippen LogP contribution in [0.15, 0.2) is 0 Å². The summed E-state index contributed by atoms with van der Waals surface area (Å²) < 4.78 is 10.3. The number of hydroxylamine groups is 2. The lowest BCUT2D eigenvalue weighted by Crippen LogP contribution is -2.09. The fourth-order valence-electron chi connectivity index (χ4n) is 0.493. The lowest BCUT2D eigenvalue weighted by molar-refractivity contribution is 0.491. The SMILES string of the molecule is O=S1CCN([O-])C1. The Balaban J connectivity index is 2.40. The van der Waals surface area contributed by atoms with E-state index in [1.807, 2.05) is 0 Å². The van der Waals surface area contributed by atoms with Crippen LogP contribution in [-0.2, 0) is 10.8 Å². The molecule has 42 valence electrons. The molecule has 0 radical (unpaired) electrons. The molecule has 0 amide bonds. The maximum Gasteiger partial charge on any atom is 0.0634 e. The molecule has 0 aromatic carbocycles. The minimum absolute atomic E-state index is 0.222. The largest absolute Gasteiger partial charge is 0.784 e. The molecule has 4 heteroatoms. The van der Waals surface area contributed by atoms with Gasteiger partial charge in [-0.25, -0.2) is 0 Å². The fraction of sp³-hybridized carbons (Fsp3) is 1.00. The zero-order valence-electron chi connectivity index (χ0n) is 3.79. The standard InChI is InChI=1S/C3H6NO2S/c5-4-1-2-7(6)3-4/h1-3H2/q-1. The Kier molecular flexibility index (Phi) is 1.41. The normalized spacial score (nSPS) is 34.1. The molecule has 1 aliphatic rings. The number of rotatable bonds is 0. The van der Waals surface area contributed by atoms with Crippen molar-refractivity contribution in [2.24, 2.45) is 0 Å². The van der Waals surface area contributed by atoms with Gasteiger partial charge in [-0.05, 0) is 6.54 Å². The maximum absolute atomic E-state index is 10.3. The first-order chi connectivity index (χ1) is 3.29. The summed E-state index contributed by atoms with van der Waals surface area (Å²) in [5.74, 6) is 0.781. The molecule has 0 bridgehead atoms. The first kappa shape index (κ1) is 5.21. The van der Waals surface area contributed by atoms with Crippen molar-refractivity contribution in [1.82, 2.24) is 5.06 Å². The molecular formula is C3H6NO2S-. The lowest BCUT2D eigenvalue weighted by Gasteiger charge is -2.17. The van der Waals surface area contributed by atoms with Crippen LogP contribution >= 0.6 is 0 Å². The zero-order chi connectivity index (χ0) is 5.28. The average molecular weight is 120 g/mol. The molecule has 0 saturated carbocycles. The summed E-state index contributed by atoms with van der Waals surface area (Å²) in [6.45, 7) is 0.451. The van der Waals surface area contributed by atoms with Crippen molar-refractivity contribution in [3.05, 3.63) is 5.21 Å². The molecule has 3 nitrogen and oxygen atoms in total. The van der Waals surface area contributed by atoms with E-state index in [1.165, 1.54) is 0 Å². The van der Waals surface area contributed by atoms with Crippen molar-refractivity contribution in [3.63, 3.8) is 0 Å². The molecule has 1 saturated heterocycles. The van der Waals surface area contributed by atoms with Gasteiger partial charge in [-0.15, -0.1) is 0 Å². The topological polar surface area (TPSA) is 43.4 Å². The summed E-state index contributed by atoms with van der Waals surface area (Å²) in [5, 5.41) is 11.0. The molecule has 0 aromatic heterocycles. The van der Waals surface area contributed by atoms with E-state index in [-0.39, 0.29) is 5.88 Å². The van der Waals surface area contributed by atoms with E-state index in [4.69, 9.17) is 0 Å². The number of hydrogen-bond donors (Lipinski definition) is 0. The minimum Gasteiger partial charge on any atom is -0.784 e. The van der Waals surface area contributed by atoms with Gasteiger partial charge in [0.05, 0.1) is 5.88 Å². The van der Waals surface area contributed by atoms with Crippen molar-refractivity contribution in [1.29, 1.82) is 0 Å². The lowest BCUT2D eigenvalue weighted by atomic mass is 10.8. The van der Waals surface area contributed by atoms with E-state index in [1.54, 1.807) is 0 Å². The van der Waals surface area contributed by atoms with E-state index < -0.39 is 10.8 Å². The molecule has 1 atom stereocenters. The van der Waals surface area contributed by atoms with Gasteiger partial charge in [0.1, 0.15) is 0 Å². The van der Waals surface area contributed by atoms with Gasteiger partial charge in [-0.2, -0.15) is 0 Å². The number of nitrogens with zero attached hydrogens (tertiary/aromatic N) is 1. The molecule has 1 rings (SSSR count). The van der Waals surface area contributed by atoms with Crippen molar-refractivity contribution < 1.29 is 4.21 Å². The summed E-state index contributed by atoms with van der Waals surface area (Å²) in [7, 11) is -0.840. The van der Waals surface area contributed by atoms with Crippen LogP contribution < -0.4 is 0 Å².